The van der Waals surface area contributed by atoms with E-state index in [9.17, 15) is 13.2 Å². The largest absolute Gasteiger partial charge is 0.411 e. The molecule has 0 unspecified atom stereocenters. The fourth-order valence-electron chi connectivity index (χ4n) is 3.18. The molecule has 9 nitrogen and oxygen atoms in total. The number of benzene rings is 2. The van der Waals surface area contributed by atoms with Crippen molar-refractivity contribution in [1.82, 2.24) is 19.8 Å². The van der Waals surface area contributed by atoms with E-state index in [0.717, 1.165) is 28.5 Å². The molecule has 174 valence electrons. The maximum absolute atomic E-state index is 12.7. The van der Waals surface area contributed by atoms with Gasteiger partial charge in [-0.25, -0.2) is 8.42 Å². The number of sulfonamides is 1. The lowest BCUT2D eigenvalue weighted by Gasteiger charge is -2.26. The van der Waals surface area contributed by atoms with Gasteiger partial charge in [0.1, 0.15) is 0 Å². The number of aryl methyl sites for hydroxylation is 1. The number of amides is 1. The Hall–Kier alpha value is -2.73. The Balaban J connectivity index is 1.26. The van der Waals surface area contributed by atoms with Gasteiger partial charge in [0.15, 0.2) is 0 Å². The van der Waals surface area contributed by atoms with Crippen LogP contribution >= 0.6 is 11.8 Å². The van der Waals surface area contributed by atoms with Gasteiger partial charge >= 0.3 is 0 Å². The number of ether oxygens (including phenoxy) is 1. The lowest BCUT2D eigenvalue weighted by atomic mass is 10.1. The van der Waals surface area contributed by atoms with Gasteiger partial charge in [-0.3, -0.25) is 4.79 Å². The van der Waals surface area contributed by atoms with Crippen LogP contribution in [0.15, 0.2) is 63.1 Å². The molecule has 1 amide bonds. The molecule has 0 saturated carbocycles. The number of thioether (sulfide) groups is 1. The minimum Gasteiger partial charge on any atom is -0.411 e. The minimum atomic E-state index is -3.53. The quantitative estimate of drug-likeness (QED) is 0.481. The summed E-state index contributed by atoms with van der Waals surface area (Å²) in [6.45, 7) is 3.79. The third-order valence-corrected chi connectivity index (χ3v) is 7.78. The zero-order valence-electron chi connectivity index (χ0n) is 18.1. The lowest BCUT2D eigenvalue weighted by molar-refractivity contribution is -0.118. The first-order valence-electron chi connectivity index (χ1n) is 10.4. The van der Waals surface area contributed by atoms with Crippen LogP contribution in [0.5, 0.6) is 0 Å². The Bertz CT molecular complexity index is 1190. The van der Waals surface area contributed by atoms with Gasteiger partial charge in [0.2, 0.25) is 21.8 Å². The SMILES string of the molecule is Cc1ccc(-c2nnc(SCC(=O)NCc3ccc(S(=O)(=O)N4CCOCC4)cc3)o2)cc1. The summed E-state index contributed by atoms with van der Waals surface area (Å²) in [5.41, 5.74) is 2.76. The summed E-state index contributed by atoms with van der Waals surface area (Å²) in [4.78, 5) is 12.4. The molecule has 1 aliphatic heterocycles. The van der Waals surface area contributed by atoms with Crippen LogP contribution in [0.1, 0.15) is 11.1 Å². The van der Waals surface area contributed by atoms with E-state index < -0.39 is 10.0 Å². The van der Waals surface area contributed by atoms with E-state index in [1.54, 1.807) is 24.3 Å². The first kappa shape index (κ1) is 23.4. The molecular formula is C22H24N4O5S2. The second-order valence-corrected chi connectivity index (χ2v) is 10.3. The van der Waals surface area contributed by atoms with Crippen molar-refractivity contribution >= 4 is 27.7 Å². The normalized spacial score (nSPS) is 14.8. The van der Waals surface area contributed by atoms with Crippen molar-refractivity contribution in [2.75, 3.05) is 32.1 Å². The second kappa shape index (κ2) is 10.5. The van der Waals surface area contributed by atoms with Gasteiger partial charge in [0.25, 0.3) is 5.22 Å². The van der Waals surface area contributed by atoms with Crippen LogP contribution in [-0.2, 0) is 26.1 Å². The summed E-state index contributed by atoms with van der Waals surface area (Å²) < 4.78 is 37.6. The number of morpholine rings is 1. The Kier molecular flexibility index (Phi) is 7.43. The van der Waals surface area contributed by atoms with Gasteiger partial charge in [0, 0.05) is 25.2 Å². The summed E-state index contributed by atoms with van der Waals surface area (Å²) >= 11 is 1.16. The van der Waals surface area contributed by atoms with Crippen LogP contribution in [0.25, 0.3) is 11.5 Å². The van der Waals surface area contributed by atoms with Crippen molar-refractivity contribution in [3.63, 3.8) is 0 Å². The summed E-state index contributed by atoms with van der Waals surface area (Å²) in [5, 5.41) is 11.1. The molecule has 1 aliphatic rings. The average Bonchev–Trinajstić information content (AvgIpc) is 3.32. The number of carbonyl (C=O) groups is 1. The molecule has 1 saturated heterocycles. The maximum Gasteiger partial charge on any atom is 0.277 e. The number of rotatable bonds is 8. The Morgan fingerprint density at radius 2 is 1.76 bits per heavy atom. The molecule has 1 aromatic heterocycles. The number of nitrogens with one attached hydrogen (secondary N) is 1. The molecule has 11 heteroatoms. The first-order valence-corrected chi connectivity index (χ1v) is 12.8. The zero-order valence-corrected chi connectivity index (χ0v) is 19.7. The molecule has 0 bridgehead atoms. The smallest absolute Gasteiger partial charge is 0.277 e. The van der Waals surface area contributed by atoms with Crippen molar-refractivity contribution in [2.45, 2.75) is 23.6 Å². The van der Waals surface area contributed by atoms with Crippen LogP contribution in [-0.4, -0.2) is 60.9 Å². The monoisotopic (exact) mass is 488 g/mol. The Morgan fingerprint density at radius 1 is 1.06 bits per heavy atom. The topological polar surface area (TPSA) is 115 Å². The summed E-state index contributed by atoms with van der Waals surface area (Å²) in [6.07, 6.45) is 0. The molecule has 0 radical (unpaired) electrons. The molecule has 1 N–H and O–H groups in total. The van der Waals surface area contributed by atoms with Crippen LogP contribution in [0.4, 0.5) is 0 Å². The number of carbonyl (C=O) groups excluding carboxylic acids is 1. The Morgan fingerprint density at radius 3 is 2.45 bits per heavy atom. The molecule has 1 fully saturated rings. The highest BCUT2D eigenvalue weighted by atomic mass is 32.2. The molecule has 33 heavy (non-hydrogen) atoms. The minimum absolute atomic E-state index is 0.124. The highest BCUT2D eigenvalue weighted by molar-refractivity contribution is 7.99. The second-order valence-electron chi connectivity index (χ2n) is 7.46. The average molecular weight is 489 g/mol. The van der Waals surface area contributed by atoms with Crippen molar-refractivity contribution in [3.8, 4) is 11.5 Å². The third-order valence-electron chi connectivity index (χ3n) is 5.05. The number of nitrogens with zero attached hydrogens (tertiary/aromatic N) is 3. The number of hydrogen-bond donors (Lipinski definition) is 1. The van der Waals surface area contributed by atoms with Gasteiger partial charge in [-0.1, -0.05) is 41.6 Å². The van der Waals surface area contributed by atoms with Gasteiger partial charge in [-0.15, -0.1) is 10.2 Å². The molecule has 0 atom stereocenters. The van der Waals surface area contributed by atoms with Crippen molar-refractivity contribution in [2.24, 2.45) is 0 Å². The van der Waals surface area contributed by atoms with Crippen molar-refractivity contribution in [1.29, 1.82) is 0 Å². The summed E-state index contributed by atoms with van der Waals surface area (Å²) in [6, 6.07) is 14.3. The van der Waals surface area contributed by atoms with E-state index in [1.807, 2.05) is 31.2 Å². The molecule has 4 rings (SSSR count). The fourth-order valence-corrected chi connectivity index (χ4v) is 5.18. The number of hydrogen-bond acceptors (Lipinski definition) is 8. The zero-order chi connectivity index (χ0) is 23.3. The van der Waals surface area contributed by atoms with E-state index in [4.69, 9.17) is 9.15 Å². The standard InChI is InChI=1S/C22H24N4O5S2/c1-16-2-6-18(7-3-16)21-24-25-22(31-21)32-15-20(27)23-14-17-4-8-19(9-5-17)33(28,29)26-10-12-30-13-11-26/h2-9H,10-15H2,1H3,(H,23,27). The van der Waals surface area contributed by atoms with E-state index in [0.29, 0.717) is 37.4 Å². The molecule has 2 heterocycles. The molecule has 0 aliphatic carbocycles. The third kappa shape index (κ3) is 5.99. The maximum atomic E-state index is 12.7. The van der Waals surface area contributed by atoms with Crippen LogP contribution in [0.3, 0.4) is 0 Å². The van der Waals surface area contributed by atoms with Crippen LogP contribution in [0, 0.1) is 6.92 Å². The predicted octanol–water partition coefficient (Wildman–Crippen LogP) is 2.47. The molecular weight excluding hydrogens is 464 g/mol. The number of aromatic nitrogens is 2. The van der Waals surface area contributed by atoms with Gasteiger partial charge in [-0.05, 0) is 36.8 Å². The van der Waals surface area contributed by atoms with E-state index in [-0.39, 0.29) is 23.1 Å². The summed E-state index contributed by atoms with van der Waals surface area (Å²) in [5.74, 6) is 0.337. The lowest BCUT2D eigenvalue weighted by Crippen LogP contribution is -2.40. The van der Waals surface area contributed by atoms with Crippen molar-refractivity contribution < 1.29 is 22.4 Å². The van der Waals surface area contributed by atoms with E-state index in [2.05, 4.69) is 15.5 Å². The molecule has 2 aromatic carbocycles. The van der Waals surface area contributed by atoms with Gasteiger partial charge < -0.3 is 14.5 Å². The Labute approximate surface area is 196 Å². The van der Waals surface area contributed by atoms with E-state index in [1.165, 1.54) is 4.31 Å². The van der Waals surface area contributed by atoms with Gasteiger partial charge in [0.05, 0.1) is 23.9 Å². The van der Waals surface area contributed by atoms with Gasteiger partial charge in [-0.2, -0.15) is 4.31 Å². The van der Waals surface area contributed by atoms with Crippen molar-refractivity contribution in [3.05, 3.63) is 59.7 Å². The highest BCUT2D eigenvalue weighted by Crippen LogP contribution is 2.23. The molecule has 0 spiro atoms. The molecule has 3 aromatic rings. The van der Waals surface area contributed by atoms with Crippen LogP contribution < -0.4 is 5.32 Å². The fraction of sp³-hybridized carbons (Fsp3) is 0.318. The first-order chi connectivity index (χ1) is 15.9. The summed E-state index contributed by atoms with van der Waals surface area (Å²) in [7, 11) is -3.53. The highest BCUT2D eigenvalue weighted by Gasteiger charge is 2.26. The van der Waals surface area contributed by atoms with E-state index >= 15 is 0 Å². The predicted molar refractivity (Wildman–Crippen MR) is 123 cm³/mol. The van der Waals surface area contributed by atoms with Crippen LogP contribution in [0.2, 0.25) is 0 Å².